The van der Waals surface area contributed by atoms with E-state index in [1.165, 1.54) is 11.8 Å². The molecule has 0 aliphatic carbocycles. The van der Waals surface area contributed by atoms with Gasteiger partial charge in [0.15, 0.2) is 0 Å². The minimum atomic E-state index is -0.242. The molecule has 2 heterocycles. The Morgan fingerprint density at radius 2 is 1.78 bits per heavy atom. The Bertz CT molecular complexity index is 1380. The molecule has 0 atom stereocenters. The van der Waals surface area contributed by atoms with Crippen molar-refractivity contribution in [2.75, 3.05) is 48.3 Å². The smallest absolute Gasteiger partial charge is 0.247 e. The van der Waals surface area contributed by atoms with Crippen LogP contribution in [0.1, 0.15) is 6.92 Å². The second kappa shape index (κ2) is 10.6. The Hall–Kier alpha value is -4.23. The molecule has 1 aliphatic rings. The van der Waals surface area contributed by atoms with Crippen molar-refractivity contribution in [2.45, 2.75) is 6.92 Å². The minimum absolute atomic E-state index is 0.242. The Balaban J connectivity index is 1.37. The fourth-order valence-corrected chi connectivity index (χ4v) is 4.51. The van der Waals surface area contributed by atoms with E-state index >= 15 is 0 Å². The third-order valence-corrected chi connectivity index (χ3v) is 6.55. The molecule has 7 nitrogen and oxygen atoms in total. The number of hydrogen-bond donors (Lipinski definition) is 2. The van der Waals surface area contributed by atoms with E-state index in [1.807, 2.05) is 48.7 Å². The summed E-state index contributed by atoms with van der Waals surface area (Å²) < 4.78 is 0. The molecule has 3 aromatic carbocycles. The highest BCUT2D eigenvalue weighted by molar-refractivity contribution is 6.00. The summed E-state index contributed by atoms with van der Waals surface area (Å²) in [4.78, 5) is 26.0. The van der Waals surface area contributed by atoms with Crippen LogP contribution in [0, 0.1) is 0 Å². The van der Waals surface area contributed by atoms with Crippen LogP contribution >= 0.6 is 0 Å². The van der Waals surface area contributed by atoms with Crippen molar-refractivity contribution in [2.24, 2.45) is 0 Å². The molecular weight excluding hydrogens is 448 g/mol. The van der Waals surface area contributed by atoms with E-state index in [4.69, 9.17) is 4.98 Å². The van der Waals surface area contributed by atoms with Gasteiger partial charge in [0.2, 0.25) is 11.9 Å². The van der Waals surface area contributed by atoms with Crippen molar-refractivity contribution in [3.8, 4) is 11.1 Å². The average Bonchev–Trinajstić information content (AvgIpc) is 2.93. The topological polar surface area (TPSA) is 73.4 Å². The van der Waals surface area contributed by atoms with Crippen LogP contribution in [-0.4, -0.2) is 53.5 Å². The first-order chi connectivity index (χ1) is 17.6. The fourth-order valence-electron chi connectivity index (χ4n) is 4.51. The molecule has 2 N–H and O–H groups in total. The molecule has 0 spiro atoms. The van der Waals surface area contributed by atoms with Crippen molar-refractivity contribution >= 4 is 39.8 Å². The SMILES string of the molecule is C=CC(=O)Nc1cccc(-c2cccc3cnc(Nc4ccc(N5CCN(CC)CC5)cc4)nc23)c1. The number of amides is 1. The summed E-state index contributed by atoms with van der Waals surface area (Å²) in [5.41, 5.74) is 5.65. The lowest BCUT2D eigenvalue weighted by atomic mass is 10.0. The molecule has 0 radical (unpaired) electrons. The molecule has 0 bridgehead atoms. The number of fused-ring (bicyclic) bond motifs is 1. The molecule has 1 aliphatic heterocycles. The number of piperazine rings is 1. The van der Waals surface area contributed by atoms with E-state index in [0.717, 1.165) is 60.4 Å². The molecule has 0 saturated carbocycles. The highest BCUT2D eigenvalue weighted by Gasteiger charge is 2.16. The van der Waals surface area contributed by atoms with Crippen LogP contribution in [0.4, 0.5) is 23.0 Å². The Kier molecular flexibility index (Phi) is 6.91. The fraction of sp³-hybridized carbons (Fsp3) is 0.207. The number of likely N-dealkylation sites (N-methyl/N-ethyl adjacent to an activating group) is 1. The monoisotopic (exact) mass is 478 g/mol. The summed E-state index contributed by atoms with van der Waals surface area (Å²) in [6, 6.07) is 22.2. The Morgan fingerprint density at radius 3 is 2.53 bits per heavy atom. The van der Waals surface area contributed by atoms with Crippen molar-refractivity contribution in [3.63, 3.8) is 0 Å². The van der Waals surface area contributed by atoms with Gasteiger partial charge in [0.05, 0.1) is 5.52 Å². The van der Waals surface area contributed by atoms with Gasteiger partial charge in [-0.15, -0.1) is 0 Å². The first-order valence-electron chi connectivity index (χ1n) is 12.3. The molecule has 1 fully saturated rings. The van der Waals surface area contributed by atoms with Crippen molar-refractivity contribution in [1.82, 2.24) is 14.9 Å². The molecule has 1 aromatic heterocycles. The van der Waals surface area contributed by atoms with Gasteiger partial charge in [-0.25, -0.2) is 9.97 Å². The van der Waals surface area contributed by atoms with Gasteiger partial charge in [-0.05, 0) is 54.6 Å². The van der Waals surface area contributed by atoms with E-state index in [9.17, 15) is 4.79 Å². The summed E-state index contributed by atoms with van der Waals surface area (Å²) in [5.74, 6) is 0.295. The van der Waals surface area contributed by atoms with Gasteiger partial charge < -0.3 is 20.4 Å². The highest BCUT2D eigenvalue weighted by atomic mass is 16.1. The molecule has 0 unspecified atom stereocenters. The third-order valence-electron chi connectivity index (χ3n) is 6.55. The number of carbonyl (C=O) groups is 1. The van der Waals surface area contributed by atoms with E-state index in [-0.39, 0.29) is 5.91 Å². The molecule has 36 heavy (non-hydrogen) atoms. The van der Waals surface area contributed by atoms with E-state index < -0.39 is 0 Å². The normalized spacial score (nSPS) is 14.0. The maximum absolute atomic E-state index is 11.7. The lowest BCUT2D eigenvalue weighted by Gasteiger charge is -2.35. The maximum Gasteiger partial charge on any atom is 0.247 e. The van der Waals surface area contributed by atoms with Crippen LogP contribution in [0.3, 0.4) is 0 Å². The van der Waals surface area contributed by atoms with Gasteiger partial charge in [0.25, 0.3) is 0 Å². The lowest BCUT2D eigenvalue weighted by molar-refractivity contribution is -0.111. The van der Waals surface area contributed by atoms with Crippen LogP contribution in [0.5, 0.6) is 0 Å². The number of para-hydroxylation sites is 1. The number of hydrogen-bond acceptors (Lipinski definition) is 6. The van der Waals surface area contributed by atoms with E-state index in [1.54, 1.807) is 0 Å². The standard InChI is InChI=1S/C29H30N6O/c1-3-27(36)31-24-9-5-7-21(19-24)26-10-6-8-22-20-30-29(33-28(22)26)32-23-11-13-25(14-12-23)35-17-15-34(4-2)16-18-35/h3,5-14,19-20H,1,4,15-18H2,2H3,(H,31,36)(H,30,32,33). The summed E-state index contributed by atoms with van der Waals surface area (Å²) in [6.07, 6.45) is 3.09. The summed E-state index contributed by atoms with van der Waals surface area (Å²) in [5, 5.41) is 7.11. The number of rotatable bonds is 7. The van der Waals surface area contributed by atoms with Crippen LogP contribution in [0.25, 0.3) is 22.0 Å². The predicted molar refractivity (Wildman–Crippen MR) is 148 cm³/mol. The van der Waals surface area contributed by atoms with Gasteiger partial charge in [0, 0.05) is 60.4 Å². The van der Waals surface area contributed by atoms with Gasteiger partial charge >= 0.3 is 0 Å². The van der Waals surface area contributed by atoms with Crippen LogP contribution in [0.2, 0.25) is 0 Å². The quantitative estimate of drug-likeness (QED) is 0.351. The van der Waals surface area contributed by atoms with E-state index in [2.05, 4.69) is 63.2 Å². The summed E-state index contributed by atoms with van der Waals surface area (Å²) >= 11 is 0. The first-order valence-corrected chi connectivity index (χ1v) is 12.3. The van der Waals surface area contributed by atoms with Crippen LogP contribution < -0.4 is 15.5 Å². The van der Waals surface area contributed by atoms with Crippen LogP contribution in [-0.2, 0) is 4.79 Å². The van der Waals surface area contributed by atoms with Crippen molar-refractivity contribution in [1.29, 1.82) is 0 Å². The molecule has 5 rings (SSSR count). The zero-order chi connectivity index (χ0) is 24.9. The molecule has 182 valence electrons. The van der Waals surface area contributed by atoms with Crippen molar-refractivity contribution in [3.05, 3.63) is 85.6 Å². The summed E-state index contributed by atoms with van der Waals surface area (Å²) in [6.45, 7) is 11.2. The molecule has 4 aromatic rings. The van der Waals surface area contributed by atoms with Crippen LogP contribution in [0.15, 0.2) is 85.6 Å². The zero-order valence-electron chi connectivity index (χ0n) is 20.4. The number of aromatic nitrogens is 2. The third kappa shape index (κ3) is 5.21. The number of nitrogens with one attached hydrogen (secondary N) is 2. The average molecular weight is 479 g/mol. The lowest BCUT2D eigenvalue weighted by Crippen LogP contribution is -2.46. The van der Waals surface area contributed by atoms with Gasteiger partial charge in [0.1, 0.15) is 0 Å². The summed E-state index contributed by atoms with van der Waals surface area (Å²) in [7, 11) is 0. The largest absolute Gasteiger partial charge is 0.369 e. The molecule has 1 amide bonds. The number of anilines is 4. The maximum atomic E-state index is 11.7. The Labute approximate surface area is 211 Å². The second-order valence-corrected chi connectivity index (χ2v) is 8.80. The number of carbonyl (C=O) groups excluding carboxylic acids is 1. The number of benzene rings is 3. The number of nitrogens with zero attached hydrogens (tertiary/aromatic N) is 4. The van der Waals surface area contributed by atoms with Crippen molar-refractivity contribution < 1.29 is 4.79 Å². The van der Waals surface area contributed by atoms with Gasteiger partial charge in [-0.1, -0.05) is 43.8 Å². The first kappa shape index (κ1) is 23.5. The minimum Gasteiger partial charge on any atom is -0.369 e. The molecule has 7 heteroatoms. The molecule has 1 saturated heterocycles. The van der Waals surface area contributed by atoms with Gasteiger partial charge in [-0.2, -0.15) is 0 Å². The zero-order valence-corrected chi connectivity index (χ0v) is 20.4. The second-order valence-electron chi connectivity index (χ2n) is 8.80. The van der Waals surface area contributed by atoms with E-state index in [0.29, 0.717) is 11.6 Å². The molecular formula is C29H30N6O. The van der Waals surface area contributed by atoms with Gasteiger partial charge in [-0.3, -0.25) is 4.79 Å². The Morgan fingerprint density at radius 1 is 1.00 bits per heavy atom. The highest BCUT2D eigenvalue weighted by Crippen LogP contribution is 2.30. The predicted octanol–water partition coefficient (Wildman–Crippen LogP) is 5.31.